The Morgan fingerprint density at radius 2 is 1.68 bits per heavy atom. The number of aryl methyl sites for hydroxylation is 1. The van der Waals surface area contributed by atoms with Crippen molar-refractivity contribution in [3.63, 3.8) is 0 Å². The van der Waals surface area contributed by atoms with Crippen molar-refractivity contribution in [3.8, 4) is 0 Å². The number of nitrogens with one attached hydrogen (secondary N) is 3. The smallest absolute Gasteiger partial charge is 0.305 e. The van der Waals surface area contributed by atoms with E-state index >= 15 is 0 Å². The topological polar surface area (TPSA) is 95.7 Å². The average Bonchev–Trinajstić information content (AvgIpc) is 3.14. The van der Waals surface area contributed by atoms with Crippen LogP contribution < -0.4 is 16.3 Å². The molecule has 0 atom stereocenters. The van der Waals surface area contributed by atoms with Crippen molar-refractivity contribution in [2.75, 3.05) is 5.43 Å². The Labute approximate surface area is 178 Å². The molecule has 0 spiro atoms. The molecule has 1 aromatic heterocycles. The van der Waals surface area contributed by atoms with E-state index in [0.717, 1.165) is 29.8 Å². The van der Waals surface area contributed by atoms with E-state index in [2.05, 4.69) is 21.4 Å². The number of fused-ring (bicyclic) bond motifs is 1. The van der Waals surface area contributed by atoms with Crippen LogP contribution in [0.1, 0.15) is 50.6 Å². The minimum Gasteiger partial charge on any atom is -0.455 e. The van der Waals surface area contributed by atoms with E-state index in [1.807, 2.05) is 30.3 Å². The van der Waals surface area contributed by atoms with Gasteiger partial charge in [-0.3, -0.25) is 25.9 Å². The standard InChI is InChI=1S/C23H21FN4O3/c1-14-20-18(26-25-15-8-3-2-4-9-15)12-7-13-19(20)31-21(14)23(30)28-27-22(29)16-10-5-6-11-17(16)24/h2-6,8-11,25H,7,12-13H2,1H3,(H,27,29)(H,28,30)/b26-18+. The summed E-state index contributed by atoms with van der Waals surface area (Å²) in [5.74, 6) is -1.27. The third-order valence-corrected chi connectivity index (χ3v) is 5.03. The molecule has 0 aliphatic heterocycles. The third kappa shape index (κ3) is 4.32. The fourth-order valence-electron chi connectivity index (χ4n) is 3.52. The molecule has 1 heterocycles. The number of rotatable bonds is 4. The largest absolute Gasteiger partial charge is 0.455 e. The van der Waals surface area contributed by atoms with E-state index in [1.54, 1.807) is 6.92 Å². The summed E-state index contributed by atoms with van der Waals surface area (Å²) in [6.45, 7) is 1.78. The second kappa shape index (κ2) is 8.83. The van der Waals surface area contributed by atoms with Crippen LogP contribution in [0.4, 0.5) is 10.1 Å². The molecule has 3 N–H and O–H groups in total. The number of hydrogen-bond donors (Lipinski definition) is 3. The van der Waals surface area contributed by atoms with E-state index in [0.29, 0.717) is 17.7 Å². The maximum atomic E-state index is 13.7. The summed E-state index contributed by atoms with van der Waals surface area (Å²) in [6, 6.07) is 15.1. The highest BCUT2D eigenvalue weighted by Crippen LogP contribution is 2.30. The van der Waals surface area contributed by atoms with Crippen molar-refractivity contribution < 1.29 is 18.4 Å². The average molecular weight is 420 g/mol. The quantitative estimate of drug-likeness (QED) is 0.557. The molecule has 0 bridgehead atoms. The van der Waals surface area contributed by atoms with Crippen LogP contribution >= 0.6 is 0 Å². The third-order valence-electron chi connectivity index (χ3n) is 5.03. The molecule has 3 aromatic rings. The molecule has 31 heavy (non-hydrogen) atoms. The molecule has 4 rings (SSSR count). The number of carbonyl (C=O) groups is 2. The fraction of sp³-hybridized carbons (Fsp3) is 0.174. The van der Waals surface area contributed by atoms with E-state index < -0.39 is 17.6 Å². The van der Waals surface area contributed by atoms with Gasteiger partial charge in [0.2, 0.25) is 0 Å². The highest BCUT2D eigenvalue weighted by Gasteiger charge is 2.28. The number of para-hydroxylation sites is 1. The number of halogens is 1. The molecule has 2 aromatic carbocycles. The Hall–Kier alpha value is -3.94. The fourth-order valence-corrected chi connectivity index (χ4v) is 3.52. The van der Waals surface area contributed by atoms with Crippen molar-refractivity contribution in [2.45, 2.75) is 26.2 Å². The Bertz CT molecular complexity index is 1150. The number of furan rings is 1. The molecular formula is C23H21FN4O3. The summed E-state index contributed by atoms with van der Waals surface area (Å²) in [6.07, 6.45) is 2.29. The van der Waals surface area contributed by atoms with E-state index in [4.69, 9.17) is 4.42 Å². The van der Waals surface area contributed by atoms with Gasteiger partial charge in [0.05, 0.1) is 17.0 Å². The first-order valence-electron chi connectivity index (χ1n) is 9.90. The van der Waals surface area contributed by atoms with E-state index in [-0.39, 0.29) is 11.3 Å². The Morgan fingerprint density at radius 3 is 2.45 bits per heavy atom. The molecule has 7 nitrogen and oxygen atoms in total. The second-order valence-electron chi connectivity index (χ2n) is 7.13. The Balaban J connectivity index is 1.50. The lowest BCUT2D eigenvalue weighted by atomic mass is 9.93. The molecule has 0 radical (unpaired) electrons. The first kappa shape index (κ1) is 20.3. The molecule has 1 aliphatic carbocycles. The number of amides is 2. The monoisotopic (exact) mass is 420 g/mol. The van der Waals surface area contributed by atoms with Crippen LogP contribution in [0.25, 0.3) is 0 Å². The molecule has 0 fully saturated rings. The van der Waals surface area contributed by atoms with Crippen LogP contribution in [0.3, 0.4) is 0 Å². The summed E-state index contributed by atoms with van der Waals surface area (Å²) >= 11 is 0. The molecule has 8 heteroatoms. The number of hydrogen-bond acceptors (Lipinski definition) is 5. The van der Waals surface area contributed by atoms with Crippen LogP contribution in [-0.4, -0.2) is 17.5 Å². The minimum absolute atomic E-state index is 0.0909. The van der Waals surface area contributed by atoms with Gasteiger partial charge in [0, 0.05) is 17.5 Å². The number of benzene rings is 2. The second-order valence-corrected chi connectivity index (χ2v) is 7.13. The first-order chi connectivity index (χ1) is 15.0. The summed E-state index contributed by atoms with van der Waals surface area (Å²) in [7, 11) is 0. The van der Waals surface area contributed by atoms with E-state index in [9.17, 15) is 14.0 Å². The van der Waals surface area contributed by atoms with Crippen LogP contribution in [0.15, 0.2) is 64.1 Å². The molecule has 2 amide bonds. The van der Waals surface area contributed by atoms with Crippen molar-refractivity contribution in [3.05, 3.63) is 88.6 Å². The number of anilines is 1. The zero-order valence-corrected chi connectivity index (χ0v) is 16.9. The summed E-state index contributed by atoms with van der Waals surface area (Å²) in [5.41, 5.74) is 10.5. The predicted molar refractivity (Wildman–Crippen MR) is 114 cm³/mol. The van der Waals surface area contributed by atoms with Gasteiger partial charge in [0.25, 0.3) is 5.91 Å². The van der Waals surface area contributed by atoms with Gasteiger partial charge in [0.15, 0.2) is 5.76 Å². The van der Waals surface area contributed by atoms with Gasteiger partial charge in [-0.1, -0.05) is 30.3 Å². The lowest BCUT2D eigenvalue weighted by Crippen LogP contribution is -2.42. The minimum atomic E-state index is -0.755. The molecule has 1 aliphatic rings. The maximum Gasteiger partial charge on any atom is 0.305 e. The van der Waals surface area contributed by atoms with Crippen molar-refractivity contribution in [1.82, 2.24) is 10.9 Å². The van der Waals surface area contributed by atoms with Crippen LogP contribution in [0.2, 0.25) is 0 Å². The Morgan fingerprint density at radius 1 is 0.968 bits per heavy atom. The van der Waals surface area contributed by atoms with Gasteiger partial charge in [-0.2, -0.15) is 5.10 Å². The summed E-state index contributed by atoms with van der Waals surface area (Å²) < 4.78 is 19.5. The van der Waals surface area contributed by atoms with Crippen molar-refractivity contribution in [2.24, 2.45) is 5.10 Å². The number of carbonyl (C=O) groups excluding carboxylic acids is 2. The molecule has 158 valence electrons. The zero-order valence-electron chi connectivity index (χ0n) is 16.9. The Kier molecular flexibility index (Phi) is 5.79. The van der Waals surface area contributed by atoms with Crippen LogP contribution in [0.5, 0.6) is 0 Å². The number of nitrogens with zero attached hydrogens (tertiary/aromatic N) is 1. The van der Waals surface area contributed by atoms with Crippen LogP contribution in [0, 0.1) is 12.7 Å². The lowest BCUT2D eigenvalue weighted by molar-refractivity contribution is 0.0827. The summed E-state index contributed by atoms with van der Waals surface area (Å²) in [4.78, 5) is 24.8. The molecular weight excluding hydrogens is 399 g/mol. The highest BCUT2D eigenvalue weighted by molar-refractivity contribution is 6.07. The molecule has 0 unspecified atom stereocenters. The number of hydrazine groups is 1. The van der Waals surface area contributed by atoms with Crippen molar-refractivity contribution in [1.29, 1.82) is 0 Å². The summed E-state index contributed by atoms with van der Waals surface area (Å²) in [5, 5.41) is 4.52. The molecule has 0 saturated carbocycles. The van der Waals surface area contributed by atoms with Gasteiger partial charge < -0.3 is 4.42 Å². The van der Waals surface area contributed by atoms with Gasteiger partial charge in [-0.25, -0.2) is 4.39 Å². The predicted octanol–water partition coefficient (Wildman–Crippen LogP) is 3.95. The normalized spacial score (nSPS) is 14.1. The van der Waals surface area contributed by atoms with Crippen molar-refractivity contribution >= 4 is 23.2 Å². The SMILES string of the molecule is Cc1c(C(=O)NNC(=O)c2ccccc2F)oc2c1/C(=N/Nc1ccccc1)CCC2. The maximum absolute atomic E-state index is 13.7. The number of hydrazone groups is 1. The van der Waals surface area contributed by atoms with Crippen LogP contribution in [-0.2, 0) is 6.42 Å². The van der Waals surface area contributed by atoms with Gasteiger partial charge in [-0.15, -0.1) is 0 Å². The van der Waals surface area contributed by atoms with Gasteiger partial charge in [-0.05, 0) is 44.0 Å². The highest BCUT2D eigenvalue weighted by atomic mass is 19.1. The van der Waals surface area contributed by atoms with E-state index in [1.165, 1.54) is 24.3 Å². The zero-order chi connectivity index (χ0) is 21.8. The molecule has 0 saturated heterocycles. The lowest BCUT2D eigenvalue weighted by Gasteiger charge is -2.13. The van der Waals surface area contributed by atoms with Gasteiger partial charge >= 0.3 is 5.91 Å². The first-order valence-corrected chi connectivity index (χ1v) is 9.90. The van der Waals surface area contributed by atoms with Gasteiger partial charge in [0.1, 0.15) is 11.6 Å².